The maximum Gasteiger partial charge on any atom is 0.248 e. The average molecular weight is 683 g/mol. The molecular weight excluding hydrogens is 630 g/mol. The number of benzene rings is 3. The van der Waals surface area contributed by atoms with Gasteiger partial charge in [0.05, 0.1) is 44.5 Å². The smallest absolute Gasteiger partial charge is 0.248 e. The van der Waals surface area contributed by atoms with Crippen LogP contribution in [0, 0.1) is 11.8 Å². The number of aromatic amines is 1. The van der Waals surface area contributed by atoms with Crippen LogP contribution in [0.5, 0.6) is 11.5 Å². The van der Waals surface area contributed by atoms with E-state index in [1.54, 1.807) is 12.1 Å². The summed E-state index contributed by atoms with van der Waals surface area (Å²) in [4.78, 5) is 14.3. The van der Waals surface area contributed by atoms with Crippen molar-refractivity contribution in [3.05, 3.63) is 106 Å². The summed E-state index contributed by atoms with van der Waals surface area (Å²) in [7, 11) is 0. The number of pyridine rings is 1. The number of H-pyrrole nitrogens is 1. The van der Waals surface area contributed by atoms with E-state index in [0.717, 1.165) is 53.7 Å². The van der Waals surface area contributed by atoms with Crippen LogP contribution < -0.4 is 15.6 Å². The monoisotopic (exact) mass is 682 g/mol. The standard InChI is InChI=1S/C41H51N3O6/c45-36-17-15-34(35-16-18-39(47)43-40(35)36)37(46)26-42-25-29-11-13-33(14-12-29)49-24-6-21-44-22-19-30(20-23-44)38(27-44)50-28-41(48,32-9-4-5-10-32)31-7-2-1-3-8-31/h1-3,7-8,11-18,30,32,37-38,42,46,48H,4-6,9-10,19-28H2,(H-,43,45,47)/p+1/t30?,37-,38-,41+,44?/m0/s1. The Labute approximate surface area is 294 Å². The van der Waals surface area contributed by atoms with Gasteiger partial charge in [-0.15, -0.1) is 0 Å². The summed E-state index contributed by atoms with van der Waals surface area (Å²) in [5, 5.41) is 36.9. The van der Waals surface area contributed by atoms with Gasteiger partial charge in [0, 0.05) is 49.7 Å². The van der Waals surface area contributed by atoms with Crippen molar-refractivity contribution < 1.29 is 29.3 Å². The molecule has 4 heterocycles. The van der Waals surface area contributed by atoms with E-state index in [2.05, 4.69) is 22.4 Å². The molecule has 4 fully saturated rings. The van der Waals surface area contributed by atoms with Crippen LogP contribution in [-0.2, 0) is 16.9 Å². The topological polar surface area (TPSA) is 124 Å². The number of ether oxygens (including phenoxy) is 2. The maximum atomic E-state index is 12.0. The Kier molecular flexibility index (Phi) is 10.6. The second-order valence-corrected chi connectivity index (χ2v) is 14.9. The van der Waals surface area contributed by atoms with Gasteiger partial charge in [0.2, 0.25) is 5.56 Å². The van der Waals surface area contributed by atoms with Crippen molar-refractivity contribution in [2.45, 2.75) is 69.3 Å². The summed E-state index contributed by atoms with van der Waals surface area (Å²) in [6.07, 6.45) is 7.27. The van der Waals surface area contributed by atoms with E-state index in [4.69, 9.17) is 9.47 Å². The van der Waals surface area contributed by atoms with Gasteiger partial charge in [-0.3, -0.25) is 4.79 Å². The summed E-state index contributed by atoms with van der Waals surface area (Å²) >= 11 is 0. The summed E-state index contributed by atoms with van der Waals surface area (Å²) in [5.74, 6) is 1.68. The number of piperidine rings is 3. The van der Waals surface area contributed by atoms with Crippen molar-refractivity contribution in [3.63, 3.8) is 0 Å². The largest absolute Gasteiger partial charge is 0.506 e. The van der Waals surface area contributed by atoms with Gasteiger partial charge in [-0.1, -0.05) is 61.4 Å². The van der Waals surface area contributed by atoms with Crippen LogP contribution in [0.1, 0.15) is 67.7 Å². The maximum absolute atomic E-state index is 12.0. The quantitative estimate of drug-likeness (QED) is 0.0826. The van der Waals surface area contributed by atoms with Crippen molar-refractivity contribution in [3.8, 4) is 11.5 Å². The molecule has 4 aromatic rings. The zero-order chi connectivity index (χ0) is 34.6. The summed E-state index contributed by atoms with van der Waals surface area (Å²) in [6.45, 7) is 6.46. The third kappa shape index (κ3) is 7.62. The number of phenols is 1. The van der Waals surface area contributed by atoms with Gasteiger partial charge >= 0.3 is 0 Å². The lowest BCUT2D eigenvalue weighted by molar-refractivity contribution is -0.946. The number of phenolic OH excluding ortho intramolecular Hbond substituents is 1. The van der Waals surface area contributed by atoms with Crippen LogP contribution in [0.25, 0.3) is 10.9 Å². The normalized spacial score (nSPS) is 24.0. The number of rotatable bonds is 15. The number of hydrogen-bond acceptors (Lipinski definition) is 7. The first kappa shape index (κ1) is 34.7. The first-order valence-electron chi connectivity index (χ1n) is 18.5. The summed E-state index contributed by atoms with van der Waals surface area (Å²) in [5.41, 5.74) is 1.83. The Balaban J connectivity index is 0.859. The number of quaternary nitrogens is 1. The number of aliphatic hydroxyl groups is 2. The van der Waals surface area contributed by atoms with E-state index in [1.807, 2.05) is 42.5 Å². The van der Waals surface area contributed by atoms with E-state index in [9.17, 15) is 20.1 Å². The Bertz CT molecular complexity index is 1770. The first-order chi connectivity index (χ1) is 24.3. The lowest BCUT2D eigenvalue weighted by Gasteiger charge is -2.53. The Morgan fingerprint density at radius 1 is 0.940 bits per heavy atom. The van der Waals surface area contributed by atoms with E-state index in [0.29, 0.717) is 48.7 Å². The molecule has 5 N–H and O–H groups in total. The second-order valence-electron chi connectivity index (χ2n) is 14.9. The Morgan fingerprint density at radius 2 is 1.70 bits per heavy atom. The van der Waals surface area contributed by atoms with Crippen molar-refractivity contribution in [2.75, 3.05) is 45.9 Å². The van der Waals surface area contributed by atoms with Gasteiger partial charge < -0.3 is 39.6 Å². The highest BCUT2D eigenvalue weighted by Crippen LogP contribution is 2.43. The third-order valence-corrected chi connectivity index (χ3v) is 11.8. The van der Waals surface area contributed by atoms with Crippen molar-refractivity contribution in [1.29, 1.82) is 0 Å². The molecule has 3 aromatic carbocycles. The fourth-order valence-corrected chi connectivity index (χ4v) is 8.83. The molecule has 0 unspecified atom stereocenters. The highest BCUT2D eigenvalue weighted by atomic mass is 16.5. The highest BCUT2D eigenvalue weighted by Gasteiger charge is 2.48. The van der Waals surface area contributed by atoms with Gasteiger partial charge in [0.25, 0.3) is 0 Å². The molecule has 9 heteroatoms. The van der Waals surface area contributed by atoms with Crippen molar-refractivity contribution in [2.24, 2.45) is 11.8 Å². The molecule has 8 rings (SSSR count). The first-order valence-corrected chi connectivity index (χ1v) is 18.5. The molecule has 0 radical (unpaired) electrons. The predicted molar refractivity (Wildman–Crippen MR) is 194 cm³/mol. The molecule has 3 atom stereocenters. The minimum atomic E-state index is -0.915. The minimum absolute atomic E-state index is 0.0224. The molecule has 9 nitrogen and oxygen atoms in total. The fraction of sp³-hybridized carbons (Fsp3) is 0.488. The van der Waals surface area contributed by atoms with E-state index in [1.165, 1.54) is 50.9 Å². The highest BCUT2D eigenvalue weighted by molar-refractivity contribution is 5.87. The number of aliphatic hydroxyl groups excluding tert-OH is 1. The van der Waals surface area contributed by atoms with Gasteiger partial charge in [-0.05, 0) is 59.7 Å². The van der Waals surface area contributed by atoms with Crippen LogP contribution in [0.3, 0.4) is 0 Å². The molecule has 1 aromatic heterocycles. The molecule has 266 valence electrons. The lowest BCUT2D eigenvalue weighted by Crippen LogP contribution is -2.65. The summed E-state index contributed by atoms with van der Waals surface area (Å²) in [6, 6.07) is 24.5. The van der Waals surface area contributed by atoms with Gasteiger partial charge in [0.1, 0.15) is 29.7 Å². The predicted octanol–water partition coefficient (Wildman–Crippen LogP) is 5.53. The average Bonchev–Trinajstić information content (AvgIpc) is 3.70. The Morgan fingerprint density at radius 3 is 2.46 bits per heavy atom. The molecule has 3 saturated heterocycles. The zero-order valence-corrected chi connectivity index (χ0v) is 28.9. The molecule has 3 aliphatic heterocycles. The fourth-order valence-electron chi connectivity index (χ4n) is 8.83. The van der Waals surface area contributed by atoms with E-state index < -0.39 is 11.7 Å². The van der Waals surface area contributed by atoms with E-state index >= 15 is 0 Å². The van der Waals surface area contributed by atoms with Crippen LogP contribution in [0.2, 0.25) is 0 Å². The second kappa shape index (κ2) is 15.3. The van der Waals surface area contributed by atoms with Gasteiger partial charge in [-0.2, -0.15) is 0 Å². The summed E-state index contributed by atoms with van der Waals surface area (Å²) < 4.78 is 14.0. The third-order valence-electron chi connectivity index (χ3n) is 11.8. The number of aromatic nitrogens is 1. The van der Waals surface area contributed by atoms with Gasteiger partial charge in [-0.25, -0.2) is 0 Å². The molecule has 4 aliphatic rings. The molecule has 0 amide bonds. The van der Waals surface area contributed by atoms with Crippen LogP contribution >= 0.6 is 0 Å². The molecule has 0 spiro atoms. The molecule has 2 bridgehead atoms. The lowest BCUT2D eigenvalue weighted by atomic mass is 9.80. The number of fused-ring (bicyclic) bond motifs is 4. The van der Waals surface area contributed by atoms with Crippen LogP contribution in [-0.4, -0.2) is 76.8 Å². The molecule has 50 heavy (non-hydrogen) atoms. The SMILES string of the molecule is O=c1ccc2c([C@@H](O)CNCc3ccc(OCCC[N+]45CCC(CC4)[C@@H](OC[C@@](O)(c4ccccc4)C4CCCC4)C5)cc3)ccc(O)c2[nH]1. The zero-order valence-electron chi connectivity index (χ0n) is 28.9. The Hall–Kier alpha value is -3.73. The van der Waals surface area contributed by atoms with Crippen LogP contribution in [0.4, 0.5) is 0 Å². The number of nitrogens with zero attached hydrogens (tertiary/aromatic N) is 1. The van der Waals surface area contributed by atoms with Crippen molar-refractivity contribution >= 4 is 10.9 Å². The molecule has 1 aliphatic carbocycles. The minimum Gasteiger partial charge on any atom is -0.506 e. The molecule has 1 saturated carbocycles. The van der Waals surface area contributed by atoms with E-state index in [-0.39, 0.29) is 23.3 Å². The number of nitrogens with one attached hydrogen (secondary N) is 2. The van der Waals surface area contributed by atoms with Crippen molar-refractivity contribution in [1.82, 2.24) is 10.3 Å². The molecular formula is C41H52N3O6+. The number of hydrogen-bond donors (Lipinski definition) is 5. The van der Waals surface area contributed by atoms with Gasteiger partial charge in [0.15, 0.2) is 0 Å². The van der Waals surface area contributed by atoms with Crippen LogP contribution in [0.15, 0.2) is 83.7 Å². The number of aromatic hydroxyl groups is 1.